The van der Waals surface area contributed by atoms with Crippen LogP contribution in [-0.4, -0.2) is 24.5 Å². The van der Waals surface area contributed by atoms with Crippen molar-refractivity contribution in [1.29, 1.82) is 0 Å². The molecule has 0 aliphatic rings. The minimum atomic E-state index is -4.25. The Balaban J connectivity index is 1.98. The molecule has 0 aromatic heterocycles. The lowest BCUT2D eigenvalue weighted by Gasteiger charge is -2.14. The number of nitrogens with zero attached hydrogens (tertiary/aromatic N) is 3. The number of rotatable bonds is 8. The lowest BCUT2D eigenvalue weighted by Crippen LogP contribution is -2.16. The van der Waals surface area contributed by atoms with Crippen LogP contribution in [-0.2, 0) is 10.0 Å². The minimum absolute atomic E-state index is 0.0484. The van der Waals surface area contributed by atoms with E-state index in [9.17, 15) is 28.6 Å². The summed E-state index contributed by atoms with van der Waals surface area (Å²) >= 11 is 0. The van der Waals surface area contributed by atoms with Gasteiger partial charge in [0, 0.05) is 18.2 Å². The smallest absolute Gasteiger partial charge is 0.278 e. The van der Waals surface area contributed by atoms with E-state index in [1.54, 1.807) is 31.2 Å². The Morgan fingerprint density at radius 1 is 0.909 bits per heavy atom. The van der Waals surface area contributed by atoms with Gasteiger partial charge in [0.15, 0.2) is 0 Å². The second kappa shape index (κ2) is 9.44. The van der Waals surface area contributed by atoms with E-state index in [1.807, 2.05) is 6.92 Å². The normalized spacial score (nSPS) is 11.3. The number of hydrogen-bond acceptors (Lipinski definition) is 8. The molecule has 0 aliphatic carbocycles. The number of sulfonamides is 1. The van der Waals surface area contributed by atoms with Crippen molar-refractivity contribution >= 4 is 39.0 Å². The summed E-state index contributed by atoms with van der Waals surface area (Å²) < 4.78 is 28.6. The molecule has 33 heavy (non-hydrogen) atoms. The van der Waals surface area contributed by atoms with Gasteiger partial charge in [-0.3, -0.25) is 30.4 Å². The highest BCUT2D eigenvalue weighted by molar-refractivity contribution is 7.92. The molecule has 0 saturated heterocycles. The zero-order valence-electron chi connectivity index (χ0n) is 17.6. The molecule has 0 spiro atoms. The Hall–Kier alpha value is -4.32. The lowest BCUT2D eigenvalue weighted by atomic mass is 10.1. The van der Waals surface area contributed by atoms with Gasteiger partial charge in [-0.2, -0.15) is 5.10 Å². The van der Waals surface area contributed by atoms with Gasteiger partial charge in [0.25, 0.3) is 21.4 Å². The topological polar surface area (TPSA) is 157 Å². The third-order valence-electron chi connectivity index (χ3n) is 4.61. The molecule has 3 aromatic carbocycles. The van der Waals surface area contributed by atoms with Crippen molar-refractivity contribution in [2.75, 3.05) is 10.1 Å². The molecule has 0 bridgehead atoms. The largest absolute Gasteiger partial charge is 0.279 e. The van der Waals surface area contributed by atoms with Gasteiger partial charge >= 0.3 is 0 Å². The fourth-order valence-electron chi connectivity index (χ4n) is 3.00. The Kier molecular flexibility index (Phi) is 6.68. The molecular weight excluding hydrogens is 450 g/mol. The first-order valence-electron chi connectivity index (χ1n) is 9.49. The summed E-state index contributed by atoms with van der Waals surface area (Å²) in [4.78, 5) is 20.7. The number of nitro benzene ring substituents is 2. The maximum absolute atomic E-state index is 13.1. The van der Waals surface area contributed by atoms with Crippen molar-refractivity contribution in [3.8, 4) is 0 Å². The van der Waals surface area contributed by atoms with Crippen LogP contribution in [0.15, 0.2) is 70.7 Å². The molecule has 2 N–H and O–H groups in total. The van der Waals surface area contributed by atoms with E-state index >= 15 is 0 Å². The van der Waals surface area contributed by atoms with Crippen LogP contribution in [0.3, 0.4) is 0 Å². The van der Waals surface area contributed by atoms with Crippen LogP contribution in [0, 0.1) is 34.1 Å². The van der Waals surface area contributed by atoms with Crippen LogP contribution in [0.2, 0.25) is 0 Å². The van der Waals surface area contributed by atoms with Crippen molar-refractivity contribution in [1.82, 2.24) is 0 Å². The number of non-ortho nitro benzene ring substituents is 1. The maximum Gasteiger partial charge on any atom is 0.278 e. The van der Waals surface area contributed by atoms with Crippen LogP contribution in [0.25, 0.3) is 0 Å². The molecule has 0 fully saturated rings. The number of hydrazone groups is 1. The first-order chi connectivity index (χ1) is 15.6. The average Bonchev–Trinajstić information content (AvgIpc) is 2.76. The van der Waals surface area contributed by atoms with Crippen LogP contribution in [0.1, 0.15) is 16.7 Å². The average molecular weight is 469 g/mol. The van der Waals surface area contributed by atoms with E-state index in [1.165, 1.54) is 24.3 Å². The summed E-state index contributed by atoms with van der Waals surface area (Å²) in [5.41, 5.74) is 3.98. The van der Waals surface area contributed by atoms with Gasteiger partial charge in [0.2, 0.25) is 0 Å². The Labute approximate surface area is 189 Å². The molecule has 170 valence electrons. The molecule has 12 heteroatoms. The predicted octanol–water partition coefficient (Wildman–Crippen LogP) is 4.37. The van der Waals surface area contributed by atoms with Gasteiger partial charge in [-0.15, -0.1) is 0 Å². The standard InChI is InChI=1S/C21H19N5O6S/c1-14-7-9-18(15(2)11-14)24-33(31,32)21-12-17(25(27)28)8-10-19(21)23-22-13-16-5-3-4-6-20(16)26(29)30/h3-13,23-24H,1-2H3. The fraction of sp³-hybridized carbons (Fsp3) is 0.0952. The molecular formula is C21H19N5O6S. The zero-order valence-corrected chi connectivity index (χ0v) is 18.4. The summed E-state index contributed by atoms with van der Waals surface area (Å²) in [7, 11) is -4.25. The highest BCUT2D eigenvalue weighted by atomic mass is 32.2. The zero-order chi connectivity index (χ0) is 24.2. The van der Waals surface area contributed by atoms with E-state index < -0.39 is 30.5 Å². The van der Waals surface area contributed by atoms with E-state index in [4.69, 9.17) is 0 Å². The van der Waals surface area contributed by atoms with Crippen LogP contribution < -0.4 is 10.1 Å². The molecule has 0 unspecified atom stereocenters. The third kappa shape index (κ3) is 5.49. The molecule has 0 atom stereocenters. The van der Waals surface area contributed by atoms with Gasteiger partial charge in [-0.1, -0.05) is 29.8 Å². The first kappa shape index (κ1) is 23.3. The molecule has 0 radical (unpaired) electrons. The second-order valence-corrected chi connectivity index (χ2v) is 8.70. The van der Waals surface area contributed by atoms with Crippen molar-refractivity contribution in [2.24, 2.45) is 5.10 Å². The number of anilines is 2. The number of hydrogen-bond donors (Lipinski definition) is 2. The first-order valence-corrected chi connectivity index (χ1v) is 11.0. The van der Waals surface area contributed by atoms with E-state index in [-0.39, 0.29) is 16.9 Å². The van der Waals surface area contributed by atoms with Crippen molar-refractivity contribution in [3.05, 3.63) is 97.6 Å². The van der Waals surface area contributed by atoms with E-state index in [0.717, 1.165) is 23.9 Å². The van der Waals surface area contributed by atoms with Crippen LogP contribution in [0.5, 0.6) is 0 Å². The van der Waals surface area contributed by atoms with E-state index in [0.29, 0.717) is 11.3 Å². The van der Waals surface area contributed by atoms with Gasteiger partial charge in [-0.05, 0) is 37.6 Å². The number of nitrogens with one attached hydrogen (secondary N) is 2. The van der Waals surface area contributed by atoms with Crippen LogP contribution in [0.4, 0.5) is 22.7 Å². The minimum Gasteiger partial charge on any atom is -0.279 e. The Morgan fingerprint density at radius 3 is 2.27 bits per heavy atom. The summed E-state index contributed by atoms with van der Waals surface area (Å²) in [5.74, 6) is 0. The maximum atomic E-state index is 13.1. The van der Waals surface area contributed by atoms with Crippen LogP contribution >= 0.6 is 0 Å². The predicted molar refractivity (Wildman–Crippen MR) is 124 cm³/mol. The van der Waals surface area contributed by atoms with Gasteiger partial charge in [-0.25, -0.2) is 8.42 Å². The summed E-state index contributed by atoms with van der Waals surface area (Å²) in [6.45, 7) is 3.59. The Morgan fingerprint density at radius 2 is 1.61 bits per heavy atom. The van der Waals surface area contributed by atoms with Gasteiger partial charge < -0.3 is 0 Å². The number of nitro groups is 2. The molecule has 3 aromatic rings. The van der Waals surface area contributed by atoms with Crippen molar-refractivity contribution in [2.45, 2.75) is 18.7 Å². The number of benzene rings is 3. The third-order valence-corrected chi connectivity index (χ3v) is 6.02. The molecule has 0 aliphatic heterocycles. The molecule has 0 heterocycles. The van der Waals surface area contributed by atoms with Crippen molar-refractivity contribution < 1.29 is 18.3 Å². The lowest BCUT2D eigenvalue weighted by molar-refractivity contribution is -0.385. The van der Waals surface area contributed by atoms with Crippen molar-refractivity contribution in [3.63, 3.8) is 0 Å². The number of para-hydroxylation sites is 1. The SMILES string of the molecule is Cc1ccc(NS(=O)(=O)c2cc([N+](=O)[O-])ccc2NN=Cc2ccccc2[N+](=O)[O-])c(C)c1. The molecule has 0 amide bonds. The molecule has 0 saturated carbocycles. The quantitative estimate of drug-likeness (QED) is 0.282. The van der Waals surface area contributed by atoms with Gasteiger partial charge in [0.1, 0.15) is 4.90 Å². The number of aryl methyl sites for hydroxylation is 2. The fourth-order valence-corrected chi connectivity index (χ4v) is 4.31. The highest BCUT2D eigenvalue weighted by Gasteiger charge is 2.23. The van der Waals surface area contributed by atoms with E-state index in [2.05, 4.69) is 15.2 Å². The molecule has 11 nitrogen and oxygen atoms in total. The Bertz CT molecular complexity index is 1370. The second-order valence-electron chi connectivity index (χ2n) is 7.05. The highest BCUT2D eigenvalue weighted by Crippen LogP contribution is 2.29. The molecule has 3 rings (SSSR count). The summed E-state index contributed by atoms with van der Waals surface area (Å²) in [6.07, 6.45) is 1.16. The summed E-state index contributed by atoms with van der Waals surface area (Å²) in [5, 5.41) is 26.3. The monoisotopic (exact) mass is 469 g/mol. The van der Waals surface area contributed by atoms with Gasteiger partial charge in [0.05, 0.1) is 33.0 Å². The summed E-state index contributed by atoms with van der Waals surface area (Å²) in [6, 6.07) is 14.2.